The van der Waals surface area contributed by atoms with Gasteiger partial charge in [-0.15, -0.1) is 12.4 Å². The average Bonchev–Trinajstić information content (AvgIpc) is 2.95. The summed E-state index contributed by atoms with van der Waals surface area (Å²) in [6.07, 6.45) is 1.38. The third-order valence-corrected chi connectivity index (χ3v) is 3.54. The van der Waals surface area contributed by atoms with Gasteiger partial charge >= 0.3 is 0 Å². The average molecular weight is 361 g/mol. The molecule has 0 bridgehead atoms. The number of anilines is 1. The van der Waals surface area contributed by atoms with Crippen molar-refractivity contribution in [3.63, 3.8) is 0 Å². The maximum atomic E-state index is 5.99. The normalized spacial score (nSPS) is 11.7. The molecule has 1 atom stereocenters. The number of methoxy groups -OCH3 is 1. The van der Waals surface area contributed by atoms with Gasteiger partial charge in [0.05, 0.1) is 12.8 Å². The second-order valence-corrected chi connectivity index (χ2v) is 5.46. The van der Waals surface area contributed by atoms with E-state index in [1.165, 1.54) is 0 Å². The van der Waals surface area contributed by atoms with Gasteiger partial charge in [-0.2, -0.15) is 4.98 Å². The van der Waals surface area contributed by atoms with Crippen LogP contribution in [0.4, 0.5) is 5.69 Å². The van der Waals surface area contributed by atoms with Crippen LogP contribution in [0.5, 0.6) is 5.75 Å². The highest BCUT2D eigenvalue weighted by atomic mass is 35.5. The van der Waals surface area contributed by atoms with Gasteiger partial charge in [0.1, 0.15) is 5.75 Å². The molecule has 2 N–H and O–H groups in total. The minimum atomic E-state index is 0. The highest BCUT2D eigenvalue weighted by molar-refractivity contribution is 6.30. The molecule has 0 spiro atoms. The first-order valence-electron chi connectivity index (χ1n) is 7.18. The summed E-state index contributed by atoms with van der Waals surface area (Å²) < 4.78 is 10.5. The van der Waals surface area contributed by atoms with Gasteiger partial charge in [-0.05, 0) is 32.2 Å². The summed E-state index contributed by atoms with van der Waals surface area (Å²) >= 11 is 5.99. The first-order valence-corrected chi connectivity index (χ1v) is 7.56. The van der Waals surface area contributed by atoms with Crippen LogP contribution in [-0.4, -0.2) is 36.9 Å². The van der Waals surface area contributed by atoms with Crippen LogP contribution in [0.3, 0.4) is 0 Å². The predicted octanol–water partition coefficient (Wildman–Crippen LogP) is 2.96. The Balaban J connectivity index is 0.00000264. The van der Waals surface area contributed by atoms with Crippen LogP contribution in [0.15, 0.2) is 22.7 Å². The van der Waals surface area contributed by atoms with Crippen molar-refractivity contribution in [2.75, 3.05) is 26.0 Å². The van der Waals surface area contributed by atoms with Crippen molar-refractivity contribution in [3.8, 4) is 5.75 Å². The van der Waals surface area contributed by atoms with Gasteiger partial charge in [-0.3, -0.25) is 0 Å². The van der Waals surface area contributed by atoms with E-state index in [-0.39, 0.29) is 12.4 Å². The monoisotopic (exact) mass is 360 g/mol. The van der Waals surface area contributed by atoms with E-state index in [1.807, 2.05) is 19.2 Å². The maximum absolute atomic E-state index is 5.99. The summed E-state index contributed by atoms with van der Waals surface area (Å²) in [5.41, 5.74) is 0.846. The van der Waals surface area contributed by atoms with E-state index in [0.717, 1.165) is 23.7 Å². The van der Waals surface area contributed by atoms with Crippen LogP contribution in [0.25, 0.3) is 0 Å². The molecule has 1 heterocycles. The summed E-state index contributed by atoms with van der Waals surface area (Å²) in [4.78, 5) is 4.37. The second kappa shape index (κ2) is 9.60. The Morgan fingerprint density at radius 3 is 2.87 bits per heavy atom. The maximum Gasteiger partial charge on any atom is 0.228 e. The number of benzene rings is 1. The lowest BCUT2D eigenvalue weighted by atomic mass is 10.2. The van der Waals surface area contributed by atoms with Gasteiger partial charge in [0.15, 0.2) is 5.82 Å². The number of aromatic nitrogens is 2. The first kappa shape index (κ1) is 19.5. The zero-order chi connectivity index (χ0) is 15.9. The number of nitrogens with one attached hydrogen (secondary N) is 2. The highest BCUT2D eigenvalue weighted by Gasteiger charge is 2.10. The van der Waals surface area contributed by atoms with E-state index in [1.54, 1.807) is 13.2 Å². The van der Waals surface area contributed by atoms with Gasteiger partial charge in [0, 0.05) is 30.5 Å². The number of nitrogens with zero attached hydrogens (tertiary/aromatic N) is 2. The van der Waals surface area contributed by atoms with E-state index in [2.05, 4.69) is 27.7 Å². The lowest BCUT2D eigenvalue weighted by Crippen LogP contribution is -2.24. The topological polar surface area (TPSA) is 72.2 Å². The van der Waals surface area contributed by atoms with Crippen molar-refractivity contribution in [1.82, 2.24) is 15.5 Å². The van der Waals surface area contributed by atoms with E-state index in [9.17, 15) is 0 Å². The van der Waals surface area contributed by atoms with Crippen LogP contribution in [0, 0.1) is 0 Å². The molecule has 0 aliphatic carbocycles. The van der Waals surface area contributed by atoms with Gasteiger partial charge in [0.2, 0.25) is 5.89 Å². The van der Waals surface area contributed by atoms with Crippen molar-refractivity contribution in [2.45, 2.75) is 25.8 Å². The quantitative estimate of drug-likeness (QED) is 0.753. The van der Waals surface area contributed by atoms with Crippen LogP contribution in [0.1, 0.15) is 18.6 Å². The Labute approximate surface area is 147 Å². The molecule has 0 fully saturated rings. The molecule has 8 heteroatoms. The Bertz CT molecular complexity index is 607. The second-order valence-electron chi connectivity index (χ2n) is 5.02. The number of likely N-dealkylation sites (N-methyl/N-ethyl adjacent to an activating group) is 1. The van der Waals surface area contributed by atoms with E-state index >= 15 is 0 Å². The zero-order valence-corrected chi connectivity index (χ0v) is 15.0. The molecule has 1 unspecified atom stereocenters. The Morgan fingerprint density at radius 1 is 1.39 bits per heavy atom. The third kappa shape index (κ3) is 5.89. The number of hydrogen-bond donors (Lipinski definition) is 2. The SMILES string of the molecule is CNC(C)Cc1noc(CCNc2cc(Cl)ccc2OC)n1.Cl. The van der Waals surface area contributed by atoms with E-state index in [4.69, 9.17) is 20.9 Å². The Hall–Kier alpha value is -1.50. The van der Waals surface area contributed by atoms with Crippen molar-refractivity contribution in [2.24, 2.45) is 0 Å². The van der Waals surface area contributed by atoms with E-state index < -0.39 is 0 Å². The molecular formula is C15H22Cl2N4O2. The van der Waals surface area contributed by atoms with Crippen LogP contribution in [-0.2, 0) is 12.8 Å². The van der Waals surface area contributed by atoms with Gasteiger partial charge < -0.3 is 19.9 Å². The fourth-order valence-electron chi connectivity index (χ4n) is 1.97. The summed E-state index contributed by atoms with van der Waals surface area (Å²) in [7, 11) is 3.54. The predicted molar refractivity (Wildman–Crippen MR) is 94.0 cm³/mol. The zero-order valence-electron chi connectivity index (χ0n) is 13.4. The molecule has 6 nitrogen and oxygen atoms in total. The molecule has 23 heavy (non-hydrogen) atoms. The van der Waals surface area contributed by atoms with Gasteiger partial charge in [-0.1, -0.05) is 16.8 Å². The molecule has 1 aromatic carbocycles. The molecular weight excluding hydrogens is 339 g/mol. The minimum absolute atomic E-state index is 0. The summed E-state index contributed by atoms with van der Waals surface area (Å²) in [6, 6.07) is 5.76. The minimum Gasteiger partial charge on any atom is -0.495 e. The molecule has 0 aliphatic rings. The van der Waals surface area contributed by atoms with Crippen molar-refractivity contribution >= 4 is 29.7 Å². The third-order valence-electron chi connectivity index (χ3n) is 3.31. The molecule has 0 amide bonds. The van der Waals surface area contributed by atoms with Crippen molar-refractivity contribution in [3.05, 3.63) is 34.9 Å². The van der Waals surface area contributed by atoms with Crippen LogP contribution in [0.2, 0.25) is 5.02 Å². The van der Waals surface area contributed by atoms with Gasteiger partial charge in [-0.25, -0.2) is 0 Å². The van der Waals surface area contributed by atoms with Crippen LogP contribution >= 0.6 is 24.0 Å². The fraction of sp³-hybridized carbons (Fsp3) is 0.467. The standard InChI is InChI=1S/C15H21ClN4O2.ClH/c1-10(17-2)8-14-19-15(22-20-14)6-7-18-12-9-11(16)4-5-13(12)21-3;/h4-5,9-10,17-18H,6-8H2,1-3H3;1H. The number of hydrogen-bond acceptors (Lipinski definition) is 6. The first-order chi connectivity index (χ1) is 10.6. The van der Waals surface area contributed by atoms with Gasteiger partial charge in [0.25, 0.3) is 0 Å². The Morgan fingerprint density at radius 2 is 2.17 bits per heavy atom. The smallest absolute Gasteiger partial charge is 0.228 e. The number of halogens is 2. The summed E-state index contributed by atoms with van der Waals surface area (Å²) in [5.74, 6) is 2.09. The van der Waals surface area contributed by atoms with Crippen molar-refractivity contribution < 1.29 is 9.26 Å². The summed E-state index contributed by atoms with van der Waals surface area (Å²) in [5, 5.41) is 11.0. The molecule has 0 aliphatic heterocycles. The van der Waals surface area contributed by atoms with E-state index in [0.29, 0.717) is 29.9 Å². The molecule has 1 aromatic heterocycles. The lowest BCUT2D eigenvalue weighted by molar-refractivity contribution is 0.373. The molecule has 0 radical (unpaired) electrons. The molecule has 2 rings (SSSR count). The molecule has 128 valence electrons. The summed E-state index contributed by atoms with van der Waals surface area (Å²) in [6.45, 7) is 2.73. The molecule has 0 saturated heterocycles. The highest BCUT2D eigenvalue weighted by Crippen LogP contribution is 2.27. The van der Waals surface area contributed by atoms with Crippen molar-refractivity contribution in [1.29, 1.82) is 0 Å². The number of ether oxygens (including phenoxy) is 1. The van der Waals surface area contributed by atoms with Crippen LogP contribution < -0.4 is 15.4 Å². The molecule has 2 aromatic rings. The molecule has 0 saturated carbocycles. The lowest BCUT2D eigenvalue weighted by Gasteiger charge is -2.10. The Kier molecular flexibility index (Phi) is 8.16. The fourth-order valence-corrected chi connectivity index (χ4v) is 2.15. The largest absolute Gasteiger partial charge is 0.495 e. The number of rotatable bonds is 8.